The van der Waals surface area contributed by atoms with Gasteiger partial charge in [0.15, 0.2) is 0 Å². The number of amides is 2. The highest BCUT2D eigenvalue weighted by molar-refractivity contribution is 6.05. The molecule has 0 bridgehead atoms. The van der Waals surface area contributed by atoms with Crippen molar-refractivity contribution in [2.45, 2.75) is 13.3 Å². The summed E-state index contributed by atoms with van der Waals surface area (Å²) in [5.74, 6) is 0.922. The number of nitrogens with one attached hydrogen (secondary N) is 2. The molecule has 2 aromatic rings. The lowest BCUT2D eigenvalue weighted by Crippen LogP contribution is -2.15. The lowest BCUT2D eigenvalue weighted by atomic mass is 10.1. The first-order valence-electron chi connectivity index (χ1n) is 8.13. The largest absolute Gasteiger partial charge is 0.495 e. The standard InChI is InChI=1S/C19H21N3O3.ClH/c1-11-9-15(11)19(24)21-13-5-3-12(4-6-13)18(23)22-14-7-8-17(25-2)16(20)10-14;/h3-8,10-11,15H,9,20H2,1-2H3,(H,21,24)(H,22,23);1H. The molecule has 26 heavy (non-hydrogen) atoms. The first-order chi connectivity index (χ1) is 12.0. The highest BCUT2D eigenvalue weighted by atomic mass is 35.5. The van der Waals surface area contributed by atoms with Crippen LogP contribution in [0.5, 0.6) is 5.75 Å². The highest BCUT2D eigenvalue weighted by Crippen LogP contribution is 2.38. The Balaban J connectivity index is 0.00000243. The van der Waals surface area contributed by atoms with Gasteiger partial charge < -0.3 is 21.1 Å². The maximum atomic E-state index is 12.3. The van der Waals surface area contributed by atoms with Crippen LogP contribution < -0.4 is 21.1 Å². The number of methoxy groups -OCH3 is 1. The van der Waals surface area contributed by atoms with E-state index in [1.165, 1.54) is 7.11 Å². The van der Waals surface area contributed by atoms with Gasteiger partial charge >= 0.3 is 0 Å². The third-order valence-corrected chi connectivity index (χ3v) is 4.35. The lowest BCUT2D eigenvalue weighted by Gasteiger charge is -2.09. The zero-order valence-corrected chi connectivity index (χ0v) is 15.4. The Morgan fingerprint density at radius 1 is 1.08 bits per heavy atom. The Bertz CT molecular complexity index is 808. The Morgan fingerprint density at radius 3 is 2.23 bits per heavy atom. The summed E-state index contributed by atoms with van der Waals surface area (Å²) in [6, 6.07) is 11.9. The zero-order chi connectivity index (χ0) is 18.0. The number of anilines is 3. The van der Waals surface area contributed by atoms with Crippen LogP contribution in [0.15, 0.2) is 42.5 Å². The first kappa shape index (κ1) is 19.6. The van der Waals surface area contributed by atoms with E-state index in [1.54, 1.807) is 42.5 Å². The molecule has 0 saturated heterocycles. The summed E-state index contributed by atoms with van der Waals surface area (Å²) < 4.78 is 5.09. The molecule has 6 nitrogen and oxygen atoms in total. The molecular formula is C19H22ClN3O3. The number of nitrogens with two attached hydrogens (primary N) is 1. The van der Waals surface area contributed by atoms with E-state index in [2.05, 4.69) is 17.6 Å². The van der Waals surface area contributed by atoms with Gasteiger partial charge in [0.1, 0.15) is 5.75 Å². The normalized spacial score (nSPS) is 17.6. The topological polar surface area (TPSA) is 93.5 Å². The molecule has 138 valence electrons. The minimum absolute atomic E-state index is 0. The van der Waals surface area contributed by atoms with Crippen molar-refractivity contribution in [2.24, 2.45) is 11.8 Å². The maximum Gasteiger partial charge on any atom is 0.255 e. The van der Waals surface area contributed by atoms with Gasteiger partial charge in [0, 0.05) is 22.9 Å². The smallest absolute Gasteiger partial charge is 0.255 e. The van der Waals surface area contributed by atoms with E-state index < -0.39 is 0 Å². The molecule has 0 radical (unpaired) electrons. The van der Waals surface area contributed by atoms with Gasteiger partial charge in [0.2, 0.25) is 5.91 Å². The molecule has 0 aliphatic heterocycles. The maximum absolute atomic E-state index is 12.3. The fraction of sp³-hybridized carbons (Fsp3) is 0.263. The number of nitrogen functional groups attached to an aromatic ring is 1. The third kappa shape index (κ3) is 4.46. The van der Waals surface area contributed by atoms with Crippen molar-refractivity contribution in [2.75, 3.05) is 23.5 Å². The van der Waals surface area contributed by atoms with Crippen LogP contribution in [0, 0.1) is 11.8 Å². The summed E-state index contributed by atoms with van der Waals surface area (Å²) in [4.78, 5) is 24.2. The number of carbonyl (C=O) groups is 2. The summed E-state index contributed by atoms with van der Waals surface area (Å²) in [5, 5.41) is 5.65. The quantitative estimate of drug-likeness (QED) is 0.696. The summed E-state index contributed by atoms with van der Waals surface area (Å²) >= 11 is 0. The minimum atomic E-state index is -0.252. The van der Waals surface area contributed by atoms with E-state index in [0.29, 0.717) is 34.3 Å². The molecule has 2 unspecified atom stereocenters. The van der Waals surface area contributed by atoms with Crippen LogP contribution in [0.4, 0.5) is 17.1 Å². The van der Waals surface area contributed by atoms with E-state index in [0.717, 1.165) is 6.42 Å². The summed E-state index contributed by atoms with van der Waals surface area (Å²) in [7, 11) is 1.54. The van der Waals surface area contributed by atoms with Crippen molar-refractivity contribution in [3.63, 3.8) is 0 Å². The number of hydrogen-bond acceptors (Lipinski definition) is 4. The predicted molar refractivity (Wildman–Crippen MR) is 105 cm³/mol. The van der Waals surface area contributed by atoms with Crippen LogP contribution in [0.2, 0.25) is 0 Å². The van der Waals surface area contributed by atoms with Crippen molar-refractivity contribution in [3.05, 3.63) is 48.0 Å². The highest BCUT2D eigenvalue weighted by Gasteiger charge is 2.39. The molecule has 2 amide bonds. The second-order valence-electron chi connectivity index (χ2n) is 6.30. The van der Waals surface area contributed by atoms with Crippen molar-refractivity contribution < 1.29 is 14.3 Å². The molecule has 3 rings (SSSR count). The van der Waals surface area contributed by atoms with Gasteiger partial charge in [-0.25, -0.2) is 0 Å². The van der Waals surface area contributed by atoms with Gasteiger partial charge in [0.25, 0.3) is 5.91 Å². The molecule has 1 saturated carbocycles. The van der Waals surface area contributed by atoms with Crippen molar-refractivity contribution in [1.29, 1.82) is 0 Å². The van der Waals surface area contributed by atoms with Crippen molar-refractivity contribution >= 4 is 41.3 Å². The Kier molecular flexibility index (Phi) is 6.10. The lowest BCUT2D eigenvalue weighted by molar-refractivity contribution is -0.117. The Hall–Kier alpha value is -2.73. The van der Waals surface area contributed by atoms with Crippen molar-refractivity contribution in [3.8, 4) is 5.75 Å². The number of rotatable bonds is 5. The van der Waals surface area contributed by atoms with Crippen LogP contribution in [-0.2, 0) is 4.79 Å². The van der Waals surface area contributed by atoms with E-state index in [4.69, 9.17) is 10.5 Å². The number of ether oxygens (including phenoxy) is 1. The summed E-state index contributed by atoms with van der Waals surface area (Å²) in [6.45, 7) is 2.06. The zero-order valence-electron chi connectivity index (χ0n) is 14.6. The van der Waals surface area contributed by atoms with Crippen LogP contribution in [0.1, 0.15) is 23.7 Å². The molecule has 2 atom stereocenters. The first-order valence-corrected chi connectivity index (χ1v) is 8.13. The molecule has 2 aromatic carbocycles. The number of carbonyl (C=O) groups excluding carboxylic acids is 2. The van der Waals surface area contributed by atoms with E-state index in [1.807, 2.05) is 0 Å². The summed E-state index contributed by atoms with van der Waals surface area (Å²) in [5.41, 5.74) is 8.06. The predicted octanol–water partition coefficient (Wildman–Crippen LogP) is 3.55. The van der Waals surface area contributed by atoms with Crippen LogP contribution >= 0.6 is 12.4 Å². The molecule has 0 aromatic heterocycles. The van der Waals surface area contributed by atoms with Gasteiger partial charge in [-0.1, -0.05) is 6.92 Å². The number of halogens is 1. The molecule has 0 heterocycles. The van der Waals surface area contributed by atoms with E-state index in [9.17, 15) is 9.59 Å². The fourth-order valence-electron chi connectivity index (χ4n) is 2.64. The van der Waals surface area contributed by atoms with Crippen LogP contribution in [-0.4, -0.2) is 18.9 Å². The van der Waals surface area contributed by atoms with Gasteiger partial charge in [-0.05, 0) is 54.8 Å². The van der Waals surface area contributed by atoms with Gasteiger partial charge in [-0.3, -0.25) is 9.59 Å². The molecule has 7 heteroatoms. The fourth-order valence-corrected chi connectivity index (χ4v) is 2.64. The second kappa shape index (κ2) is 8.10. The SMILES string of the molecule is COc1ccc(NC(=O)c2ccc(NC(=O)C3CC3C)cc2)cc1N.Cl. The van der Waals surface area contributed by atoms with Crippen LogP contribution in [0.25, 0.3) is 0 Å². The molecular weight excluding hydrogens is 354 g/mol. The minimum Gasteiger partial charge on any atom is -0.495 e. The van der Waals surface area contributed by atoms with Gasteiger partial charge in [-0.2, -0.15) is 0 Å². The van der Waals surface area contributed by atoms with Gasteiger partial charge in [0.05, 0.1) is 12.8 Å². The number of benzene rings is 2. The monoisotopic (exact) mass is 375 g/mol. The Labute approximate surface area is 158 Å². The van der Waals surface area contributed by atoms with Crippen LogP contribution in [0.3, 0.4) is 0 Å². The van der Waals surface area contributed by atoms with E-state index >= 15 is 0 Å². The van der Waals surface area contributed by atoms with E-state index in [-0.39, 0.29) is 30.1 Å². The Morgan fingerprint density at radius 2 is 1.69 bits per heavy atom. The van der Waals surface area contributed by atoms with Gasteiger partial charge in [-0.15, -0.1) is 12.4 Å². The molecule has 0 spiro atoms. The number of hydrogen-bond donors (Lipinski definition) is 3. The molecule has 1 fully saturated rings. The second-order valence-corrected chi connectivity index (χ2v) is 6.30. The molecule has 1 aliphatic carbocycles. The molecule has 4 N–H and O–H groups in total. The summed E-state index contributed by atoms with van der Waals surface area (Å²) in [6.07, 6.45) is 0.942. The van der Waals surface area contributed by atoms with Crippen molar-refractivity contribution in [1.82, 2.24) is 0 Å². The average Bonchev–Trinajstić information content (AvgIpc) is 3.32. The molecule has 1 aliphatic rings. The average molecular weight is 376 g/mol. The third-order valence-electron chi connectivity index (χ3n) is 4.35.